The van der Waals surface area contributed by atoms with Crippen LogP contribution in [0.25, 0.3) is 11.3 Å². The standard InChI is InChI=1S/C22H15ClF3N5O3S/c23-14-6-2-1-4-12(14)11-35(32,33)31-20-15(24)10-17(18(25)19(20)26)34-21-13(5-3-8-28-21)16-7-9-29-22(27)30-16/h1-10,31H,11H2,(H2,27,29,30). The van der Waals surface area contributed by atoms with Crippen molar-refractivity contribution < 1.29 is 26.3 Å². The molecule has 0 aliphatic heterocycles. The maximum absolute atomic E-state index is 14.8. The first-order chi connectivity index (χ1) is 16.6. The first-order valence-corrected chi connectivity index (χ1v) is 11.8. The van der Waals surface area contributed by atoms with Gasteiger partial charge in [-0.25, -0.2) is 32.2 Å². The van der Waals surface area contributed by atoms with Gasteiger partial charge in [-0.3, -0.25) is 4.72 Å². The maximum atomic E-state index is 14.8. The minimum atomic E-state index is -4.35. The van der Waals surface area contributed by atoms with E-state index in [1.165, 1.54) is 42.7 Å². The van der Waals surface area contributed by atoms with Crippen molar-refractivity contribution in [1.29, 1.82) is 0 Å². The Bertz CT molecular complexity index is 1520. The monoisotopic (exact) mass is 521 g/mol. The number of ether oxygens (including phenoxy) is 1. The average Bonchev–Trinajstić information content (AvgIpc) is 2.82. The van der Waals surface area contributed by atoms with Crippen LogP contribution in [0, 0.1) is 17.5 Å². The van der Waals surface area contributed by atoms with E-state index in [0.717, 1.165) is 0 Å². The van der Waals surface area contributed by atoms with Gasteiger partial charge in [-0.1, -0.05) is 29.8 Å². The highest BCUT2D eigenvalue weighted by molar-refractivity contribution is 7.91. The minimum absolute atomic E-state index is 0.0472. The number of anilines is 2. The number of hydrogen-bond acceptors (Lipinski definition) is 7. The fourth-order valence-corrected chi connectivity index (χ4v) is 4.56. The Labute approximate surface area is 202 Å². The van der Waals surface area contributed by atoms with Gasteiger partial charge < -0.3 is 10.5 Å². The molecule has 0 amide bonds. The lowest BCUT2D eigenvalue weighted by Crippen LogP contribution is -2.18. The topological polar surface area (TPSA) is 120 Å². The van der Waals surface area contributed by atoms with E-state index in [9.17, 15) is 21.6 Å². The third-order valence-corrected chi connectivity index (χ3v) is 6.19. The quantitative estimate of drug-likeness (QED) is 0.331. The Balaban J connectivity index is 1.64. The van der Waals surface area contributed by atoms with Crippen LogP contribution in [-0.4, -0.2) is 23.4 Å². The summed E-state index contributed by atoms with van der Waals surface area (Å²) in [7, 11) is -4.35. The smallest absolute Gasteiger partial charge is 0.237 e. The molecule has 4 rings (SSSR count). The largest absolute Gasteiger partial charge is 0.435 e. The number of nitrogens with one attached hydrogen (secondary N) is 1. The number of pyridine rings is 1. The van der Waals surface area contributed by atoms with Gasteiger partial charge in [0.1, 0.15) is 5.69 Å². The molecule has 0 spiro atoms. The number of nitrogens with two attached hydrogens (primary N) is 1. The molecular formula is C22H15ClF3N5O3S. The zero-order valence-electron chi connectivity index (χ0n) is 17.5. The van der Waals surface area contributed by atoms with Crippen molar-refractivity contribution in [3.8, 4) is 22.9 Å². The summed E-state index contributed by atoms with van der Waals surface area (Å²) in [6.07, 6.45) is 2.68. The van der Waals surface area contributed by atoms with Crippen molar-refractivity contribution in [2.75, 3.05) is 10.5 Å². The Kier molecular flexibility index (Phi) is 6.76. The predicted molar refractivity (Wildman–Crippen MR) is 124 cm³/mol. The Hall–Kier alpha value is -3.90. The first-order valence-electron chi connectivity index (χ1n) is 9.78. The summed E-state index contributed by atoms with van der Waals surface area (Å²) in [6.45, 7) is 0. The molecular weight excluding hydrogens is 507 g/mol. The van der Waals surface area contributed by atoms with Crippen LogP contribution in [0.1, 0.15) is 5.56 Å². The van der Waals surface area contributed by atoms with Crippen LogP contribution in [0.3, 0.4) is 0 Å². The molecule has 0 radical (unpaired) electrons. The minimum Gasteiger partial charge on any atom is -0.435 e. The molecule has 0 fully saturated rings. The summed E-state index contributed by atoms with van der Waals surface area (Å²) in [4.78, 5) is 11.7. The van der Waals surface area contributed by atoms with Gasteiger partial charge in [-0.2, -0.15) is 4.39 Å². The molecule has 0 bridgehead atoms. The number of aromatic nitrogens is 3. The molecule has 2 aromatic heterocycles. The van der Waals surface area contributed by atoms with Gasteiger partial charge in [0.2, 0.25) is 27.7 Å². The summed E-state index contributed by atoms with van der Waals surface area (Å²) in [6, 6.07) is 11.1. The van der Waals surface area contributed by atoms with E-state index in [-0.39, 0.29) is 33.7 Å². The molecule has 2 heterocycles. The van der Waals surface area contributed by atoms with E-state index in [0.29, 0.717) is 6.07 Å². The van der Waals surface area contributed by atoms with Crippen LogP contribution < -0.4 is 15.2 Å². The average molecular weight is 522 g/mol. The van der Waals surface area contributed by atoms with Gasteiger partial charge in [0.05, 0.1) is 17.0 Å². The second kappa shape index (κ2) is 9.76. The number of nitrogens with zero attached hydrogens (tertiary/aromatic N) is 3. The third-order valence-electron chi connectivity index (χ3n) is 4.61. The summed E-state index contributed by atoms with van der Waals surface area (Å²) in [5.74, 6) is -6.68. The summed E-state index contributed by atoms with van der Waals surface area (Å²) in [5.41, 5.74) is 5.08. The summed E-state index contributed by atoms with van der Waals surface area (Å²) in [5, 5.41) is 0.144. The number of hydrogen-bond donors (Lipinski definition) is 2. The van der Waals surface area contributed by atoms with Crippen LogP contribution in [0.4, 0.5) is 24.8 Å². The van der Waals surface area contributed by atoms with Crippen LogP contribution in [0.5, 0.6) is 11.6 Å². The van der Waals surface area contributed by atoms with Gasteiger partial charge >= 0.3 is 0 Å². The Morgan fingerprint density at radius 1 is 1.00 bits per heavy atom. The first kappa shape index (κ1) is 24.2. The highest BCUT2D eigenvalue weighted by Gasteiger charge is 2.25. The second-order valence-electron chi connectivity index (χ2n) is 7.07. The van der Waals surface area contributed by atoms with Crippen LogP contribution in [0.2, 0.25) is 5.02 Å². The molecule has 35 heavy (non-hydrogen) atoms. The number of benzene rings is 2. The fraction of sp³-hybridized carbons (Fsp3) is 0.0455. The molecule has 0 aliphatic carbocycles. The normalized spacial score (nSPS) is 11.3. The number of sulfonamides is 1. The lowest BCUT2D eigenvalue weighted by Gasteiger charge is -2.14. The van der Waals surface area contributed by atoms with Crippen LogP contribution in [-0.2, 0) is 15.8 Å². The SMILES string of the molecule is Nc1nccc(-c2cccnc2Oc2cc(F)c(NS(=O)(=O)Cc3ccccc3Cl)c(F)c2F)n1. The molecule has 0 saturated carbocycles. The molecule has 4 aromatic rings. The molecule has 0 unspecified atom stereocenters. The van der Waals surface area contributed by atoms with E-state index in [4.69, 9.17) is 22.1 Å². The van der Waals surface area contributed by atoms with Gasteiger partial charge in [-0.15, -0.1) is 0 Å². The van der Waals surface area contributed by atoms with Crippen molar-refractivity contribution in [3.05, 3.63) is 89.0 Å². The van der Waals surface area contributed by atoms with Gasteiger partial charge in [0.15, 0.2) is 17.4 Å². The number of nitrogen functional groups attached to an aromatic ring is 1. The highest BCUT2D eigenvalue weighted by atomic mass is 35.5. The summed E-state index contributed by atoms with van der Waals surface area (Å²) < 4.78 is 76.2. The van der Waals surface area contributed by atoms with Gasteiger partial charge in [0.25, 0.3) is 0 Å². The Morgan fingerprint density at radius 2 is 1.77 bits per heavy atom. The van der Waals surface area contributed by atoms with E-state index in [1.54, 1.807) is 16.9 Å². The van der Waals surface area contributed by atoms with Crippen LogP contribution >= 0.6 is 11.6 Å². The molecule has 0 aliphatic rings. The molecule has 0 atom stereocenters. The van der Waals surface area contributed by atoms with E-state index < -0.39 is 44.7 Å². The molecule has 13 heteroatoms. The molecule has 8 nitrogen and oxygen atoms in total. The molecule has 3 N–H and O–H groups in total. The van der Waals surface area contributed by atoms with E-state index in [2.05, 4.69) is 15.0 Å². The maximum Gasteiger partial charge on any atom is 0.237 e. The van der Waals surface area contributed by atoms with Gasteiger partial charge in [0, 0.05) is 23.5 Å². The second-order valence-corrected chi connectivity index (χ2v) is 9.20. The number of rotatable bonds is 7. The molecule has 0 saturated heterocycles. The zero-order valence-corrected chi connectivity index (χ0v) is 19.1. The van der Waals surface area contributed by atoms with Crippen molar-refractivity contribution in [1.82, 2.24) is 15.0 Å². The lowest BCUT2D eigenvalue weighted by atomic mass is 10.2. The molecule has 180 valence electrons. The van der Waals surface area contributed by atoms with Crippen LogP contribution in [0.15, 0.2) is 60.9 Å². The number of halogens is 4. The molecule has 2 aromatic carbocycles. The van der Waals surface area contributed by atoms with Crippen molar-refractivity contribution >= 4 is 33.3 Å². The van der Waals surface area contributed by atoms with Crippen molar-refractivity contribution in [2.24, 2.45) is 0 Å². The summed E-state index contributed by atoms with van der Waals surface area (Å²) >= 11 is 5.95. The van der Waals surface area contributed by atoms with Crippen molar-refractivity contribution in [2.45, 2.75) is 5.75 Å². The van der Waals surface area contributed by atoms with E-state index in [1.807, 2.05) is 0 Å². The fourth-order valence-electron chi connectivity index (χ4n) is 3.05. The lowest BCUT2D eigenvalue weighted by molar-refractivity contribution is 0.401. The zero-order chi connectivity index (χ0) is 25.2. The third kappa shape index (κ3) is 5.44. The van der Waals surface area contributed by atoms with Crippen molar-refractivity contribution in [3.63, 3.8) is 0 Å². The van der Waals surface area contributed by atoms with E-state index >= 15 is 0 Å². The van der Waals surface area contributed by atoms with Gasteiger partial charge in [-0.05, 0) is 29.8 Å². The predicted octanol–water partition coefficient (Wildman–Crippen LogP) is 4.93. The highest BCUT2D eigenvalue weighted by Crippen LogP contribution is 2.35. The Morgan fingerprint density at radius 3 is 2.51 bits per heavy atom.